The van der Waals surface area contributed by atoms with Crippen LogP contribution in [0, 0.1) is 0 Å². The van der Waals surface area contributed by atoms with E-state index in [0.29, 0.717) is 21.4 Å². The van der Waals surface area contributed by atoms with Gasteiger partial charge in [-0.05, 0) is 30.7 Å². The lowest BCUT2D eigenvalue weighted by atomic mass is 9.80. The van der Waals surface area contributed by atoms with Crippen LogP contribution in [0.2, 0.25) is 5.02 Å². The molecule has 0 saturated heterocycles. The van der Waals surface area contributed by atoms with Crippen LogP contribution >= 0.6 is 23.4 Å². The van der Waals surface area contributed by atoms with Crippen molar-refractivity contribution in [3.8, 4) is 0 Å². The quantitative estimate of drug-likeness (QED) is 0.325. The molecule has 1 atom stereocenters. The third kappa shape index (κ3) is 5.06. The van der Waals surface area contributed by atoms with E-state index in [0.717, 1.165) is 11.0 Å². The first-order valence-electron chi connectivity index (χ1n) is 10.8. The molecular formula is C25H23ClFN3O4S. The van der Waals surface area contributed by atoms with E-state index in [1.165, 1.54) is 18.9 Å². The molecule has 4 rings (SSSR count). The number of aromatic amines is 1. The smallest absolute Gasteiger partial charge is 0.336 e. The second kappa shape index (κ2) is 11.0. The van der Waals surface area contributed by atoms with Crippen molar-refractivity contribution >= 4 is 46.3 Å². The molecule has 3 aromatic rings. The molecule has 0 aliphatic carbocycles. The minimum atomic E-state index is -0.978. The van der Waals surface area contributed by atoms with Gasteiger partial charge in [-0.15, -0.1) is 0 Å². The average Bonchev–Trinajstić information content (AvgIpc) is 3.29. The Kier molecular flexibility index (Phi) is 7.77. The average molecular weight is 516 g/mol. The minimum Gasteiger partial charge on any atom is -0.466 e. The van der Waals surface area contributed by atoms with Gasteiger partial charge < -0.3 is 19.8 Å². The number of nitrogens with one attached hydrogen (secondary N) is 2. The lowest BCUT2D eigenvalue weighted by molar-refractivity contribution is -0.139. The Morgan fingerprint density at radius 3 is 2.49 bits per heavy atom. The van der Waals surface area contributed by atoms with Gasteiger partial charge in [-0.1, -0.05) is 53.7 Å². The Morgan fingerprint density at radius 2 is 1.80 bits per heavy atom. The number of halogens is 2. The van der Waals surface area contributed by atoms with Gasteiger partial charge in [0.05, 0.1) is 47.5 Å². The second-order valence-electron chi connectivity index (χ2n) is 7.56. The summed E-state index contributed by atoms with van der Waals surface area (Å²) in [5.74, 6) is -2.15. The maximum absolute atomic E-state index is 14.2. The molecule has 1 aliphatic rings. The Labute approximate surface area is 210 Å². The number of thioether (sulfide) groups is 1. The second-order valence-corrected chi connectivity index (χ2v) is 8.93. The van der Waals surface area contributed by atoms with Gasteiger partial charge in [0.1, 0.15) is 6.67 Å². The number of ether oxygens (including phenoxy) is 2. The van der Waals surface area contributed by atoms with Crippen molar-refractivity contribution in [1.29, 1.82) is 0 Å². The summed E-state index contributed by atoms with van der Waals surface area (Å²) in [5, 5.41) is 3.91. The molecule has 2 aromatic carbocycles. The molecule has 35 heavy (non-hydrogen) atoms. The number of rotatable bonds is 8. The molecular weight excluding hydrogens is 493 g/mol. The Bertz CT molecular complexity index is 1300. The molecule has 10 heteroatoms. The summed E-state index contributed by atoms with van der Waals surface area (Å²) in [5.41, 5.74) is 2.70. The molecule has 1 unspecified atom stereocenters. The number of esters is 2. The molecule has 7 nitrogen and oxygen atoms in total. The fourth-order valence-corrected chi connectivity index (χ4v) is 5.09. The lowest BCUT2D eigenvalue weighted by Crippen LogP contribution is -2.35. The van der Waals surface area contributed by atoms with E-state index in [1.807, 2.05) is 24.3 Å². The normalized spacial score (nSPS) is 15.8. The van der Waals surface area contributed by atoms with Crippen LogP contribution in [0.1, 0.15) is 18.4 Å². The summed E-state index contributed by atoms with van der Waals surface area (Å²) < 4.78 is 24.6. The highest BCUT2D eigenvalue weighted by Crippen LogP contribution is 2.42. The van der Waals surface area contributed by atoms with Crippen LogP contribution in [0.4, 0.5) is 4.39 Å². The van der Waals surface area contributed by atoms with Crippen LogP contribution in [-0.2, 0) is 19.1 Å². The van der Waals surface area contributed by atoms with E-state index < -0.39 is 24.5 Å². The molecule has 0 amide bonds. The predicted molar refractivity (Wildman–Crippen MR) is 133 cm³/mol. The molecule has 0 radical (unpaired) electrons. The van der Waals surface area contributed by atoms with Crippen molar-refractivity contribution < 1.29 is 23.5 Å². The lowest BCUT2D eigenvalue weighted by Gasteiger charge is -2.32. The van der Waals surface area contributed by atoms with Gasteiger partial charge in [-0.3, -0.25) is 0 Å². The summed E-state index contributed by atoms with van der Waals surface area (Å²) in [4.78, 5) is 33.8. The molecule has 0 bridgehead atoms. The predicted octanol–water partition coefficient (Wildman–Crippen LogP) is 4.91. The molecule has 182 valence electrons. The number of allylic oxidation sites excluding steroid dienone is 1. The zero-order valence-corrected chi connectivity index (χ0v) is 20.6. The zero-order chi connectivity index (χ0) is 24.9. The maximum Gasteiger partial charge on any atom is 0.336 e. The van der Waals surface area contributed by atoms with Gasteiger partial charge >= 0.3 is 11.9 Å². The van der Waals surface area contributed by atoms with Crippen molar-refractivity contribution in [1.82, 2.24) is 15.3 Å². The van der Waals surface area contributed by atoms with Gasteiger partial charge in [0, 0.05) is 16.5 Å². The third-order valence-electron chi connectivity index (χ3n) is 5.50. The summed E-state index contributed by atoms with van der Waals surface area (Å²) in [6.07, 6.45) is 0. The van der Waals surface area contributed by atoms with Gasteiger partial charge in [-0.25, -0.2) is 19.0 Å². The van der Waals surface area contributed by atoms with E-state index in [-0.39, 0.29) is 29.2 Å². The number of nitrogens with zero attached hydrogens (tertiary/aromatic N) is 1. The van der Waals surface area contributed by atoms with Crippen LogP contribution in [0.25, 0.3) is 11.0 Å². The van der Waals surface area contributed by atoms with Gasteiger partial charge in [0.15, 0.2) is 5.16 Å². The Morgan fingerprint density at radius 1 is 1.09 bits per heavy atom. The Balaban J connectivity index is 1.83. The highest BCUT2D eigenvalue weighted by Gasteiger charge is 2.40. The number of para-hydroxylation sites is 2. The summed E-state index contributed by atoms with van der Waals surface area (Å²) in [7, 11) is 1.20. The molecule has 1 aromatic heterocycles. The van der Waals surface area contributed by atoms with Crippen LogP contribution < -0.4 is 5.32 Å². The number of H-pyrrole nitrogens is 1. The number of carbonyl (C=O) groups is 2. The van der Waals surface area contributed by atoms with Gasteiger partial charge in [-0.2, -0.15) is 0 Å². The number of alkyl halides is 1. The summed E-state index contributed by atoms with van der Waals surface area (Å²) in [6, 6.07) is 14.4. The first-order chi connectivity index (χ1) is 17.0. The molecule has 2 N–H and O–H groups in total. The molecule has 0 spiro atoms. The molecule has 0 saturated carbocycles. The van der Waals surface area contributed by atoms with Crippen LogP contribution in [0.5, 0.6) is 0 Å². The van der Waals surface area contributed by atoms with E-state index in [9.17, 15) is 14.0 Å². The monoisotopic (exact) mass is 515 g/mol. The number of hydrogen-bond donors (Lipinski definition) is 2. The topological polar surface area (TPSA) is 93.3 Å². The SMILES string of the molecule is CCOC(=O)C1=C(CSc2nc3ccccc3[nH]2)NC(CF)=C(C(=O)OC)C1c1ccccc1Cl. The minimum absolute atomic E-state index is 0.00928. The van der Waals surface area contributed by atoms with Crippen molar-refractivity contribution in [2.24, 2.45) is 0 Å². The number of methoxy groups -OCH3 is 1. The number of aromatic nitrogens is 2. The largest absolute Gasteiger partial charge is 0.466 e. The van der Waals surface area contributed by atoms with E-state index in [4.69, 9.17) is 21.1 Å². The first kappa shape index (κ1) is 24.8. The van der Waals surface area contributed by atoms with Crippen LogP contribution in [-0.4, -0.2) is 48.1 Å². The van der Waals surface area contributed by atoms with E-state index >= 15 is 0 Å². The standard InChI is InChI=1S/C25H23ClFN3O4S/c1-3-34-24(32)22-19(13-35-25-29-16-10-6-7-11-17(16)30-25)28-18(12-27)21(23(31)33-2)20(22)14-8-4-5-9-15(14)26/h4-11,20,28H,3,12-13H2,1-2H3,(H,29,30). The van der Waals surface area contributed by atoms with Crippen LogP contribution in [0.15, 0.2) is 76.2 Å². The van der Waals surface area contributed by atoms with Crippen molar-refractivity contribution in [2.45, 2.75) is 18.0 Å². The first-order valence-corrected chi connectivity index (χ1v) is 12.2. The van der Waals surface area contributed by atoms with Gasteiger partial charge in [0.2, 0.25) is 0 Å². The molecule has 2 heterocycles. The molecule has 1 aliphatic heterocycles. The summed E-state index contributed by atoms with van der Waals surface area (Å²) in [6.45, 7) is 0.835. The highest BCUT2D eigenvalue weighted by molar-refractivity contribution is 7.99. The number of benzene rings is 2. The van der Waals surface area contributed by atoms with Crippen molar-refractivity contribution in [3.63, 3.8) is 0 Å². The zero-order valence-electron chi connectivity index (χ0n) is 19.1. The number of dihydropyridines is 1. The number of carbonyl (C=O) groups excluding carboxylic acids is 2. The van der Waals surface area contributed by atoms with Crippen LogP contribution in [0.3, 0.4) is 0 Å². The third-order valence-corrected chi connectivity index (χ3v) is 6.74. The Hall–Kier alpha value is -3.30. The van der Waals surface area contributed by atoms with E-state index in [1.54, 1.807) is 31.2 Å². The van der Waals surface area contributed by atoms with Gasteiger partial charge in [0.25, 0.3) is 0 Å². The van der Waals surface area contributed by atoms with Crippen molar-refractivity contribution in [3.05, 3.63) is 81.7 Å². The molecule has 0 fully saturated rings. The fourth-order valence-electron chi connectivity index (χ4n) is 3.99. The number of hydrogen-bond acceptors (Lipinski definition) is 7. The number of imidazole rings is 1. The van der Waals surface area contributed by atoms with E-state index in [2.05, 4.69) is 15.3 Å². The maximum atomic E-state index is 14.2. The van der Waals surface area contributed by atoms with Crippen molar-refractivity contribution in [2.75, 3.05) is 26.1 Å². The number of fused-ring (bicyclic) bond motifs is 1. The highest BCUT2D eigenvalue weighted by atomic mass is 35.5. The fraction of sp³-hybridized carbons (Fsp3) is 0.240. The summed E-state index contributed by atoms with van der Waals surface area (Å²) >= 11 is 7.82.